The minimum absolute atomic E-state index is 0.148. The van der Waals surface area contributed by atoms with E-state index < -0.39 is 0 Å². The summed E-state index contributed by atoms with van der Waals surface area (Å²) in [4.78, 5) is 14.7. The van der Waals surface area contributed by atoms with E-state index in [4.69, 9.17) is 4.74 Å². The van der Waals surface area contributed by atoms with Crippen LogP contribution in [0, 0.1) is 6.92 Å². The standard InChI is InChI=1S/C17H25NO2/c1-12(2)14-8-13(3)9-15(10-14)17(19)18-7-5-6-16(18)11-20-4/h8-10,12,16H,5-7,11H2,1-4H3. The van der Waals surface area contributed by atoms with Gasteiger partial charge in [0.2, 0.25) is 0 Å². The zero-order valence-corrected chi connectivity index (χ0v) is 13.0. The molecule has 0 bridgehead atoms. The number of carbonyl (C=O) groups excluding carboxylic acids is 1. The van der Waals surface area contributed by atoms with Gasteiger partial charge in [0, 0.05) is 19.2 Å². The van der Waals surface area contributed by atoms with Crippen LogP contribution in [0.25, 0.3) is 0 Å². The Morgan fingerprint density at radius 2 is 2.15 bits per heavy atom. The maximum Gasteiger partial charge on any atom is 0.254 e. The Morgan fingerprint density at radius 3 is 2.80 bits per heavy atom. The number of methoxy groups -OCH3 is 1. The molecule has 1 aliphatic heterocycles. The van der Waals surface area contributed by atoms with E-state index in [1.165, 1.54) is 5.56 Å². The molecule has 1 aromatic rings. The number of rotatable bonds is 4. The van der Waals surface area contributed by atoms with E-state index in [9.17, 15) is 4.79 Å². The topological polar surface area (TPSA) is 29.5 Å². The molecule has 2 rings (SSSR count). The zero-order valence-electron chi connectivity index (χ0n) is 13.0. The average molecular weight is 275 g/mol. The van der Waals surface area contributed by atoms with Crippen molar-refractivity contribution in [3.63, 3.8) is 0 Å². The normalized spacial score (nSPS) is 18.9. The number of benzene rings is 1. The predicted molar refractivity (Wildman–Crippen MR) is 81.2 cm³/mol. The van der Waals surface area contributed by atoms with E-state index in [-0.39, 0.29) is 11.9 Å². The minimum Gasteiger partial charge on any atom is -0.383 e. The minimum atomic E-state index is 0.148. The van der Waals surface area contributed by atoms with Crippen molar-refractivity contribution in [3.05, 3.63) is 34.9 Å². The fourth-order valence-electron chi connectivity index (χ4n) is 2.90. The van der Waals surface area contributed by atoms with E-state index in [0.29, 0.717) is 12.5 Å². The largest absolute Gasteiger partial charge is 0.383 e. The molecule has 1 aromatic carbocycles. The van der Waals surface area contributed by atoms with Crippen LogP contribution >= 0.6 is 0 Å². The maximum atomic E-state index is 12.7. The maximum absolute atomic E-state index is 12.7. The number of amides is 1. The highest BCUT2D eigenvalue weighted by molar-refractivity contribution is 5.95. The Morgan fingerprint density at radius 1 is 1.40 bits per heavy atom. The molecule has 0 N–H and O–H groups in total. The molecule has 1 saturated heterocycles. The second-order valence-corrected chi connectivity index (χ2v) is 6.04. The van der Waals surface area contributed by atoms with Gasteiger partial charge in [-0.15, -0.1) is 0 Å². The first kappa shape index (κ1) is 15.0. The summed E-state index contributed by atoms with van der Waals surface area (Å²) < 4.78 is 5.23. The molecule has 110 valence electrons. The fourth-order valence-corrected chi connectivity index (χ4v) is 2.90. The number of carbonyl (C=O) groups is 1. The molecule has 0 saturated carbocycles. The van der Waals surface area contributed by atoms with Gasteiger partial charge in [0.15, 0.2) is 0 Å². The highest BCUT2D eigenvalue weighted by Crippen LogP contribution is 2.23. The molecule has 0 radical (unpaired) electrons. The fraction of sp³-hybridized carbons (Fsp3) is 0.588. The molecule has 0 spiro atoms. The van der Waals surface area contributed by atoms with Gasteiger partial charge in [-0.2, -0.15) is 0 Å². The van der Waals surface area contributed by atoms with Crippen LogP contribution in [-0.2, 0) is 4.74 Å². The molecule has 1 amide bonds. The van der Waals surface area contributed by atoms with Gasteiger partial charge in [-0.25, -0.2) is 0 Å². The first-order valence-corrected chi connectivity index (χ1v) is 7.44. The lowest BCUT2D eigenvalue weighted by Crippen LogP contribution is -2.38. The van der Waals surface area contributed by atoms with Crippen molar-refractivity contribution in [1.29, 1.82) is 0 Å². The number of nitrogens with zero attached hydrogens (tertiary/aromatic N) is 1. The van der Waals surface area contributed by atoms with Crippen LogP contribution in [-0.4, -0.2) is 37.1 Å². The molecule has 3 heteroatoms. The van der Waals surface area contributed by atoms with Crippen LogP contribution in [0.15, 0.2) is 18.2 Å². The van der Waals surface area contributed by atoms with Crippen LogP contribution in [0.3, 0.4) is 0 Å². The molecule has 0 aromatic heterocycles. The molecule has 1 unspecified atom stereocenters. The Bertz CT molecular complexity index is 482. The monoisotopic (exact) mass is 275 g/mol. The predicted octanol–water partition coefficient (Wildman–Crippen LogP) is 3.37. The quantitative estimate of drug-likeness (QED) is 0.843. The SMILES string of the molecule is COCC1CCCN1C(=O)c1cc(C)cc(C(C)C)c1. The Labute approximate surface area is 121 Å². The van der Waals surface area contributed by atoms with Gasteiger partial charge < -0.3 is 9.64 Å². The van der Waals surface area contributed by atoms with Gasteiger partial charge in [0.1, 0.15) is 0 Å². The van der Waals surface area contributed by atoms with E-state index >= 15 is 0 Å². The number of ether oxygens (including phenoxy) is 1. The van der Waals surface area contributed by atoms with Crippen LogP contribution in [0.2, 0.25) is 0 Å². The van der Waals surface area contributed by atoms with Gasteiger partial charge in [-0.1, -0.05) is 25.5 Å². The van der Waals surface area contributed by atoms with Crippen molar-refractivity contribution in [2.45, 2.75) is 45.6 Å². The zero-order chi connectivity index (χ0) is 14.7. The lowest BCUT2D eigenvalue weighted by atomic mass is 9.97. The highest BCUT2D eigenvalue weighted by atomic mass is 16.5. The Balaban J connectivity index is 2.24. The highest BCUT2D eigenvalue weighted by Gasteiger charge is 2.29. The second kappa shape index (κ2) is 6.40. The molecule has 1 atom stereocenters. The van der Waals surface area contributed by atoms with Gasteiger partial charge >= 0.3 is 0 Å². The summed E-state index contributed by atoms with van der Waals surface area (Å²) in [5, 5.41) is 0. The molecule has 3 nitrogen and oxygen atoms in total. The van der Waals surface area contributed by atoms with Gasteiger partial charge in [0.05, 0.1) is 12.6 Å². The second-order valence-electron chi connectivity index (χ2n) is 6.04. The van der Waals surface area contributed by atoms with Crippen molar-refractivity contribution in [3.8, 4) is 0 Å². The molecule has 1 fully saturated rings. The van der Waals surface area contributed by atoms with Crippen LogP contribution in [0.5, 0.6) is 0 Å². The summed E-state index contributed by atoms with van der Waals surface area (Å²) in [5.74, 6) is 0.588. The van der Waals surface area contributed by atoms with E-state index in [0.717, 1.165) is 30.5 Å². The summed E-state index contributed by atoms with van der Waals surface area (Å²) in [6, 6.07) is 6.44. The van der Waals surface area contributed by atoms with Crippen LogP contribution in [0.1, 0.15) is 54.1 Å². The molecule has 20 heavy (non-hydrogen) atoms. The molecule has 1 aliphatic rings. The van der Waals surface area contributed by atoms with Crippen molar-refractivity contribution in [1.82, 2.24) is 4.90 Å². The van der Waals surface area contributed by atoms with Gasteiger partial charge in [-0.05, 0) is 43.4 Å². The van der Waals surface area contributed by atoms with Gasteiger partial charge in [0.25, 0.3) is 5.91 Å². The third-order valence-electron chi connectivity index (χ3n) is 4.01. The summed E-state index contributed by atoms with van der Waals surface area (Å²) in [7, 11) is 1.70. The molecular weight excluding hydrogens is 250 g/mol. The number of likely N-dealkylation sites (tertiary alicyclic amines) is 1. The van der Waals surface area contributed by atoms with Crippen molar-refractivity contribution < 1.29 is 9.53 Å². The van der Waals surface area contributed by atoms with E-state index in [1.54, 1.807) is 7.11 Å². The first-order chi connectivity index (χ1) is 9.52. The number of hydrogen-bond acceptors (Lipinski definition) is 2. The summed E-state index contributed by atoms with van der Waals surface area (Å²) in [6.45, 7) is 7.85. The number of aryl methyl sites for hydroxylation is 1. The summed E-state index contributed by atoms with van der Waals surface area (Å²) >= 11 is 0. The van der Waals surface area contributed by atoms with Crippen molar-refractivity contribution in [2.75, 3.05) is 20.3 Å². The molecule has 1 heterocycles. The van der Waals surface area contributed by atoms with Crippen LogP contribution in [0.4, 0.5) is 0 Å². The smallest absolute Gasteiger partial charge is 0.254 e. The third-order valence-corrected chi connectivity index (χ3v) is 4.01. The van der Waals surface area contributed by atoms with Crippen molar-refractivity contribution in [2.24, 2.45) is 0 Å². The lowest BCUT2D eigenvalue weighted by Gasteiger charge is -2.24. The lowest BCUT2D eigenvalue weighted by molar-refractivity contribution is 0.0630. The molecule has 0 aliphatic carbocycles. The first-order valence-electron chi connectivity index (χ1n) is 7.44. The average Bonchev–Trinajstić information content (AvgIpc) is 2.85. The molecular formula is C17H25NO2. The Hall–Kier alpha value is -1.35. The Kier molecular flexibility index (Phi) is 4.81. The summed E-state index contributed by atoms with van der Waals surface area (Å²) in [6.07, 6.45) is 2.12. The van der Waals surface area contributed by atoms with E-state index in [2.05, 4.69) is 26.8 Å². The van der Waals surface area contributed by atoms with Crippen LogP contribution < -0.4 is 0 Å². The summed E-state index contributed by atoms with van der Waals surface area (Å²) in [5.41, 5.74) is 3.20. The number of hydrogen-bond donors (Lipinski definition) is 0. The third kappa shape index (κ3) is 3.21. The van der Waals surface area contributed by atoms with Gasteiger partial charge in [-0.3, -0.25) is 4.79 Å². The van der Waals surface area contributed by atoms with Crippen molar-refractivity contribution >= 4 is 5.91 Å². The van der Waals surface area contributed by atoms with E-state index in [1.807, 2.05) is 17.0 Å².